The van der Waals surface area contributed by atoms with Gasteiger partial charge in [0.15, 0.2) is 5.54 Å². The maximum atomic E-state index is 12.8. The number of likely N-dealkylation sites (N-methyl/N-ethyl adjacent to an activating group) is 1. The molecule has 0 spiro atoms. The zero-order valence-electron chi connectivity index (χ0n) is 12.1. The molecular weight excluding hydrogens is 302 g/mol. The lowest BCUT2D eigenvalue weighted by Crippen LogP contribution is -2.50. The van der Waals surface area contributed by atoms with Gasteiger partial charge in [-0.2, -0.15) is 0 Å². The van der Waals surface area contributed by atoms with Gasteiger partial charge in [-0.3, -0.25) is 4.90 Å². The third kappa shape index (κ3) is 2.11. The lowest BCUT2D eigenvalue weighted by atomic mass is 9.82. The summed E-state index contributed by atoms with van der Waals surface area (Å²) in [6.45, 7) is 0.268. The molecule has 0 bridgehead atoms. The summed E-state index contributed by atoms with van der Waals surface area (Å²) in [5, 5.41) is 9.86. The number of halogens is 1. The monoisotopic (exact) mass is 317 g/mol. The highest BCUT2D eigenvalue weighted by Gasteiger charge is 2.53. The lowest BCUT2D eigenvalue weighted by Gasteiger charge is -2.36. The van der Waals surface area contributed by atoms with Crippen LogP contribution in [0.3, 0.4) is 0 Å². The minimum Gasteiger partial charge on any atom is -0.424 e. The number of esters is 1. The minimum absolute atomic E-state index is 0.0612. The first-order chi connectivity index (χ1) is 10.6. The summed E-state index contributed by atoms with van der Waals surface area (Å²) in [6, 6.07) is 14.6. The molecule has 1 aliphatic rings. The number of rotatable bonds is 4. The fraction of sp³-hybridized carbons (Fsp3) is 0.235. The average molecular weight is 318 g/mol. The Hall–Kier alpha value is -1.88. The molecular formula is C17H16ClNO3. The summed E-state index contributed by atoms with van der Waals surface area (Å²) < 4.78 is 5.48. The Morgan fingerprint density at radius 1 is 1.23 bits per heavy atom. The van der Waals surface area contributed by atoms with E-state index in [1.165, 1.54) is 0 Å². The number of carbonyl (C=O) groups is 1. The molecule has 0 radical (unpaired) electrons. The molecule has 4 nitrogen and oxygen atoms in total. The van der Waals surface area contributed by atoms with Crippen LogP contribution >= 0.6 is 11.6 Å². The van der Waals surface area contributed by atoms with Gasteiger partial charge in [-0.05, 0) is 30.8 Å². The quantitative estimate of drug-likeness (QED) is 0.695. The van der Waals surface area contributed by atoms with E-state index < -0.39 is 5.54 Å². The molecule has 2 aromatic rings. The average Bonchev–Trinajstić information content (AvgIpc) is 2.80. The standard InChI is InChI=1S/C17H16ClNO3/c1-19(9-10-20)17(12-5-3-2-4-6-12)14-11-13(18)7-8-15(14)22-16(17)21/h2-8,11,20H,9-10H2,1H3. The van der Waals surface area contributed by atoms with Crippen LogP contribution in [-0.4, -0.2) is 36.2 Å². The molecule has 0 aliphatic carbocycles. The number of fused-ring (bicyclic) bond motifs is 1. The van der Waals surface area contributed by atoms with E-state index in [-0.39, 0.29) is 12.6 Å². The van der Waals surface area contributed by atoms with E-state index in [1.54, 1.807) is 30.1 Å². The predicted octanol–water partition coefficient (Wildman–Crippen LogP) is 2.43. The van der Waals surface area contributed by atoms with Crippen molar-refractivity contribution in [3.8, 4) is 5.75 Å². The van der Waals surface area contributed by atoms with Crippen LogP contribution in [0.4, 0.5) is 0 Å². The van der Waals surface area contributed by atoms with Crippen molar-refractivity contribution in [2.24, 2.45) is 0 Å². The van der Waals surface area contributed by atoms with Crippen molar-refractivity contribution in [2.45, 2.75) is 5.54 Å². The number of aliphatic hydroxyl groups excluding tert-OH is 1. The number of hydrogen-bond acceptors (Lipinski definition) is 4. The van der Waals surface area contributed by atoms with E-state index in [1.807, 2.05) is 30.3 Å². The van der Waals surface area contributed by atoms with Crippen LogP contribution < -0.4 is 4.74 Å². The summed E-state index contributed by atoms with van der Waals surface area (Å²) >= 11 is 6.13. The smallest absolute Gasteiger partial charge is 0.341 e. The largest absolute Gasteiger partial charge is 0.424 e. The highest BCUT2D eigenvalue weighted by molar-refractivity contribution is 6.30. The number of carbonyl (C=O) groups excluding carboxylic acids is 1. The van der Waals surface area contributed by atoms with E-state index in [0.29, 0.717) is 22.9 Å². The molecule has 0 saturated heterocycles. The van der Waals surface area contributed by atoms with Gasteiger partial charge in [0.2, 0.25) is 0 Å². The van der Waals surface area contributed by atoms with E-state index in [9.17, 15) is 9.90 Å². The molecule has 1 unspecified atom stereocenters. The fourth-order valence-electron chi connectivity index (χ4n) is 3.01. The fourth-order valence-corrected chi connectivity index (χ4v) is 3.18. The molecule has 3 rings (SSSR count). The number of aliphatic hydroxyl groups is 1. The van der Waals surface area contributed by atoms with Crippen molar-refractivity contribution < 1.29 is 14.6 Å². The lowest BCUT2D eigenvalue weighted by molar-refractivity contribution is -0.142. The number of ether oxygens (including phenoxy) is 1. The normalized spacial score (nSPS) is 20.1. The maximum Gasteiger partial charge on any atom is 0.341 e. The Bertz CT molecular complexity index is 704. The van der Waals surface area contributed by atoms with Gasteiger partial charge >= 0.3 is 5.97 Å². The molecule has 0 fully saturated rings. The molecule has 1 heterocycles. The molecule has 5 heteroatoms. The third-order valence-corrected chi connectivity index (χ3v) is 4.26. The molecule has 22 heavy (non-hydrogen) atoms. The molecule has 0 saturated carbocycles. The molecule has 0 aromatic heterocycles. The van der Waals surface area contributed by atoms with Crippen LogP contribution in [0.2, 0.25) is 5.02 Å². The Kier molecular flexibility index (Phi) is 3.91. The number of hydrogen-bond donors (Lipinski definition) is 1. The summed E-state index contributed by atoms with van der Waals surface area (Å²) in [7, 11) is 1.79. The number of benzene rings is 2. The first kappa shape index (κ1) is 15.0. The Morgan fingerprint density at radius 2 is 1.95 bits per heavy atom. The zero-order valence-corrected chi connectivity index (χ0v) is 12.9. The van der Waals surface area contributed by atoms with Gasteiger partial charge in [0.05, 0.1) is 6.61 Å². The van der Waals surface area contributed by atoms with Gasteiger partial charge in [-0.1, -0.05) is 41.9 Å². The van der Waals surface area contributed by atoms with Gasteiger partial charge in [0.1, 0.15) is 5.75 Å². The SMILES string of the molecule is CN(CCO)C1(c2ccccc2)C(=O)Oc2ccc(Cl)cc21. The number of nitrogens with zero attached hydrogens (tertiary/aromatic N) is 1. The van der Waals surface area contributed by atoms with Crippen LogP contribution in [0.25, 0.3) is 0 Å². The van der Waals surface area contributed by atoms with Crippen molar-refractivity contribution >= 4 is 17.6 Å². The van der Waals surface area contributed by atoms with Crippen molar-refractivity contribution in [3.05, 3.63) is 64.7 Å². The van der Waals surface area contributed by atoms with Crippen molar-refractivity contribution in [2.75, 3.05) is 20.2 Å². The second-order valence-electron chi connectivity index (χ2n) is 5.25. The summed E-state index contributed by atoms with van der Waals surface area (Å²) in [5.41, 5.74) is 0.397. The van der Waals surface area contributed by atoms with E-state index in [2.05, 4.69) is 0 Å². The summed E-state index contributed by atoms with van der Waals surface area (Å²) in [6.07, 6.45) is 0. The Balaban J connectivity index is 2.28. The highest BCUT2D eigenvalue weighted by atomic mass is 35.5. The maximum absolute atomic E-state index is 12.8. The zero-order chi connectivity index (χ0) is 15.7. The molecule has 1 atom stereocenters. The molecule has 0 amide bonds. The summed E-state index contributed by atoms with van der Waals surface area (Å²) in [5.74, 6) is 0.120. The van der Waals surface area contributed by atoms with E-state index >= 15 is 0 Å². The van der Waals surface area contributed by atoms with Gasteiger partial charge in [-0.25, -0.2) is 4.79 Å². The van der Waals surface area contributed by atoms with Gasteiger partial charge < -0.3 is 9.84 Å². The van der Waals surface area contributed by atoms with Crippen LogP contribution in [0.5, 0.6) is 5.75 Å². The van der Waals surface area contributed by atoms with Crippen molar-refractivity contribution in [1.82, 2.24) is 4.90 Å². The van der Waals surface area contributed by atoms with Crippen LogP contribution in [0.15, 0.2) is 48.5 Å². The third-order valence-electron chi connectivity index (χ3n) is 4.03. The predicted molar refractivity (Wildman–Crippen MR) is 84.0 cm³/mol. The van der Waals surface area contributed by atoms with Crippen molar-refractivity contribution in [3.63, 3.8) is 0 Å². The van der Waals surface area contributed by atoms with Crippen LogP contribution in [0.1, 0.15) is 11.1 Å². The van der Waals surface area contributed by atoms with Crippen LogP contribution in [0, 0.1) is 0 Å². The van der Waals surface area contributed by atoms with Gasteiger partial charge in [-0.15, -0.1) is 0 Å². The minimum atomic E-state index is -1.09. The van der Waals surface area contributed by atoms with Gasteiger partial charge in [0.25, 0.3) is 0 Å². The highest BCUT2D eigenvalue weighted by Crippen LogP contribution is 2.47. The van der Waals surface area contributed by atoms with Gasteiger partial charge in [0, 0.05) is 17.1 Å². The molecule has 114 valence electrons. The Labute approximate surface area is 133 Å². The van der Waals surface area contributed by atoms with E-state index in [0.717, 1.165) is 5.56 Å². The first-order valence-corrected chi connectivity index (χ1v) is 7.38. The molecule has 2 aromatic carbocycles. The summed E-state index contributed by atoms with van der Waals surface area (Å²) in [4.78, 5) is 14.6. The second kappa shape index (κ2) is 5.72. The Morgan fingerprint density at radius 3 is 2.64 bits per heavy atom. The first-order valence-electron chi connectivity index (χ1n) is 7.00. The molecule has 1 aliphatic heterocycles. The molecule has 1 N–H and O–H groups in total. The second-order valence-corrected chi connectivity index (χ2v) is 5.69. The van der Waals surface area contributed by atoms with E-state index in [4.69, 9.17) is 16.3 Å². The van der Waals surface area contributed by atoms with Crippen LogP contribution in [-0.2, 0) is 10.3 Å². The topological polar surface area (TPSA) is 49.8 Å². The van der Waals surface area contributed by atoms with Crippen molar-refractivity contribution in [1.29, 1.82) is 0 Å².